The molecule has 0 spiro atoms. The van der Waals surface area contributed by atoms with Gasteiger partial charge in [0.25, 0.3) is 0 Å². The fourth-order valence-corrected chi connectivity index (χ4v) is 2.10. The predicted octanol–water partition coefficient (Wildman–Crippen LogP) is 2.26. The number of hydrogen-bond acceptors (Lipinski definition) is 2. The minimum atomic E-state index is 0.519. The second-order valence-corrected chi connectivity index (χ2v) is 4.32. The first-order valence-electron chi connectivity index (χ1n) is 5.40. The van der Waals surface area contributed by atoms with Crippen LogP contribution in [0, 0.1) is 0 Å². The third-order valence-corrected chi connectivity index (χ3v) is 2.90. The van der Waals surface area contributed by atoms with Gasteiger partial charge in [0.1, 0.15) is 0 Å². The molecule has 0 saturated carbocycles. The van der Waals surface area contributed by atoms with Crippen LogP contribution < -0.4 is 5.32 Å². The molecule has 0 aliphatic carbocycles. The van der Waals surface area contributed by atoms with Crippen LogP contribution in [0.1, 0.15) is 12.0 Å². The van der Waals surface area contributed by atoms with E-state index < -0.39 is 0 Å². The topological polar surface area (TPSA) is 21.3 Å². The van der Waals surface area contributed by atoms with E-state index in [4.69, 9.17) is 16.3 Å². The van der Waals surface area contributed by atoms with E-state index >= 15 is 0 Å². The molecule has 1 aromatic carbocycles. The minimum Gasteiger partial charge on any atom is -0.380 e. The Morgan fingerprint density at radius 3 is 3.20 bits per heavy atom. The third kappa shape index (κ3) is 3.49. The maximum absolute atomic E-state index is 5.95. The molecule has 1 saturated heterocycles. The Hall–Kier alpha value is -0.570. The molecule has 1 unspecified atom stereocenters. The Labute approximate surface area is 95.6 Å². The minimum absolute atomic E-state index is 0.519. The highest BCUT2D eigenvalue weighted by Gasteiger charge is 2.11. The standard InChI is InChI=1S/C12H16ClNO/c13-11-3-1-2-10(8-11)9-12-4-6-15-7-5-14-12/h1-3,8,12,14H,4-7,9H2. The molecule has 15 heavy (non-hydrogen) atoms. The first-order valence-corrected chi connectivity index (χ1v) is 5.78. The second kappa shape index (κ2) is 5.50. The molecule has 0 radical (unpaired) electrons. The van der Waals surface area contributed by atoms with Crippen LogP contribution >= 0.6 is 11.6 Å². The lowest BCUT2D eigenvalue weighted by atomic mass is 10.0. The molecule has 1 aliphatic rings. The van der Waals surface area contributed by atoms with Crippen molar-refractivity contribution in [2.45, 2.75) is 18.9 Å². The van der Waals surface area contributed by atoms with Crippen molar-refractivity contribution in [2.24, 2.45) is 0 Å². The molecule has 1 aromatic rings. The van der Waals surface area contributed by atoms with E-state index in [1.54, 1.807) is 0 Å². The number of halogens is 1. The molecule has 1 aliphatic heterocycles. The summed E-state index contributed by atoms with van der Waals surface area (Å²) in [6, 6.07) is 8.60. The van der Waals surface area contributed by atoms with E-state index in [0.29, 0.717) is 6.04 Å². The van der Waals surface area contributed by atoms with Gasteiger partial charge >= 0.3 is 0 Å². The van der Waals surface area contributed by atoms with E-state index in [0.717, 1.165) is 37.6 Å². The summed E-state index contributed by atoms with van der Waals surface area (Å²) in [5.41, 5.74) is 1.29. The van der Waals surface area contributed by atoms with Crippen LogP contribution in [0.25, 0.3) is 0 Å². The van der Waals surface area contributed by atoms with Crippen molar-refractivity contribution >= 4 is 11.6 Å². The zero-order valence-electron chi connectivity index (χ0n) is 8.71. The van der Waals surface area contributed by atoms with Gasteiger partial charge in [-0.3, -0.25) is 0 Å². The van der Waals surface area contributed by atoms with Crippen LogP contribution in [0.3, 0.4) is 0 Å². The molecular formula is C12H16ClNO. The van der Waals surface area contributed by atoms with Gasteiger partial charge in [-0.05, 0) is 30.5 Å². The number of hydrogen-bond donors (Lipinski definition) is 1. The van der Waals surface area contributed by atoms with Crippen molar-refractivity contribution in [3.63, 3.8) is 0 Å². The van der Waals surface area contributed by atoms with E-state index in [2.05, 4.69) is 11.4 Å². The van der Waals surface area contributed by atoms with Crippen molar-refractivity contribution in [2.75, 3.05) is 19.8 Å². The van der Waals surface area contributed by atoms with Gasteiger partial charge in [0.15, 0.2) is 0 Å². The molecule has 3 heteroatoms. The van der Waals surface area contributed by atoms with Crippen LogP contribution in [-0.4, -0.2) is 25.8 Å². The third-order valence-electron chi connectivity index (χ3n) is 2.66. The van der Waals surface area contributed by atoms with Crippen LogP contribution in [0.4, 0.5) is 0 Å². The summed E-state index contributed by atoms with van der Waals surface area (Å²) in [7, 11) is 0. The van der Waals surface area contributed by atoms with Gasteiger partial charge in [-0.15, -0.1) is 0 Å². The van der Waals surface area contributed by atoms with Crippen molar-refractivity contribution in [1.82, 2.24) is 5.32 Å². The fraction of sp³-hybridized carbons (Fsp3) is 0.500. The van der Waals surface area contributed by atoms with Crippen LogP contribution in [0.2, 0.25) is 5.02 Å². The molecule has 0 bridgehead atoms. The summed E-state index contributed by atoms with van der Waals surface area (Å²) in [5.74, 6) is 0. The Balaban J connectivity index is 1.95. The van der Waals surface area contributed by atoms with E-state index in [9.17, 15) is 0 Å². The van der Waals surface area contributed by atoms with E-state index in [1.807, 2.05) is 18.2 Å². The molecule has 0 aromatic heterocycles. The lowest BCUT2D eigenvalue weighted by molar-refractivity contribution is 0.150. The summed E-state index contributed by atoms with van der Waals surface area (Å²) in [4.78, 5) is 0. The molecule has 1 heterocycles. The van der Waals surface area contributed by atoms with Gasteiger partial charge in [-0.1, -0.05) is 23.7 Å². The highest BCUT2D eigenvalue weighted by atomic mass is 35.5. The Morgan fingerprint density at radius 2 is 2.33 bits per heavy atom. The second-order valence-electron chi connectivity index (χ2n) is 3.89. The molecule has 2 rings (SSSR count). The van der Waals surface area contributed by atoms with E-state index in [1.165, 1.54) is 5.56 Å². The van der Waals surface area contributed by atoms with Gasteiger partial charge in [0.2, 0.25) is 0 Å². The van der Waals surface area contributed by atoms with Gasteiger partial charge in [0, 0.05) is 24.2 Å². The first kappa shape index (κ1) is 10.9. The van der Waals surface area contributed by atoms with Gasteiger partial charge in [-0.2, -0.15) is 0 Å². The number of rotatable bonds is 2. The smallest absolute Gasteiger partial charge is 0.0591 e. The van der Waals surface area contributed by atoms with Gasteiger partial charge < -0.3 is 10.1 Å². The molecule has 1 atom stereocenters. The lowest BCUT2D eigenvalue weighted by Crippen LogP contribution is -2.31. The SMILES string of the molecule is Clc1cccc(CC2CCOCCN2)c1. The molecular weight excluding hydrogens is 210 g/mol. The zero-order valence-corrected chi connectivity index (χ0v) is 9.46. The summed E-state index contributed by atoms with van der Waals surface area (Å²) in [6.07, 6.45) is 2.11. The molecule has 2 nitrogen and oxygen atoms in total. The summed E-state index contributed by atoms with van der Waals surface area (Å²) in [5, 5.41) is 4.30. The van der Waals surface area contributed by atoms with Crippen LogP contribution in [0.5, 0.6) is 0 Å². The van der Waals surface area contributed by atoms with Gasteiger partial charge in [-0.25, -0.2) is 0 Å². The van der Waals surface area contributed by atoms with Crippen molar-refractivity contribution < 1.29 is 4.74 Å². The maximum atomic E-state index is 5.95. The molecule has 0 amide bonds. The van der Waals surface area contributed by atoms with Crippen LogP contribution in [0.15, 0.2) is 24.3 Å². The fourth-order valence-electron chi connectivity index (χ4n) is 1.89. The first-order chi connectivity index (χ1) is 7.34. The number of ether oxygens (including phenoxy) is 1. The van der Waals surface area contributed by atoms with Crippen molar-refractivity contribution in [3.05, 3.63) is 34.9 Å². The maximum Gasteiger partial charge on any atom is 0.0591 e. The Morgan fingerprint density at radius 1 is 1.40 bits per heavy atom. The van der Waals surface area contributed by atoms with Crippen LogP contribution in [-0.2, 0) is 11.2 Å². The van der Waals surface area contributed by atoms with Crippen molar-refractivity contribution in [1.29, 1.82) is 0 Å². The lowest BCUT2D eigenvalue weighted by Gasteiger charge is -2.14. The quantitative estimate of drug-likeness (QED) is 0.834. The summed E-state index contributed by atoms with van der Waals surface area (Å²) >= 11 is 5.95. The number of nitrogens with one attached hydrogen (secondary N) is 1. The Kier molecular flexibility index (Phi) is 4.01. The summed E-state index contributed by atoms with van der Waals surface area (Å²) < 4.78 is 5.40. The van der Waals surface area contributed by atoms with Crippen molar-refractivity contribution in [3.8, 4) is 0 Å². The molecule has 82 valence electrons. The highest BCUT2D eigenvalue weighted by molar-refractivity contribution is 6.30. The van der Waals surface area contributed by atoms with Gasteiger partial charge in [0.05, 0.1) is 6.61 Å². The molecule has 1 fully saturated rings. The average Bonchev–Trinajstić information content (AvgIpc) is 2.46. The van der Waals surface area contributed by atoms with E-state index in [-0.39, 0.29) is 0 Å². The molecule has 1 N–H and O–H groups in total. The monoisotopic (exact) mass is 225 g/mol. The normalized spacial score (nSPS) is 22.3. The predicted molar refractivity (Wildman–Crippen MR) is 62.4 cm³/mol. The summed E-state index contributed by atoms with van der Waals surface area (Å²) in [6.45, 7) is 2.63. The highest BCUT2D eigenvalue weighted by Crippen LogP contribution is 2.13. The average molecular weight is 226 g/mol. The Bertz CT molecular complexity index is 308. The zero-order chi connectivity index (χ0) is 10.5. The number of benzene rings is 1. The largest absolute Gasteiger partial charge is 0.380 e.